The van der Waals surface area contributed by atoms with Gasteiger partial charge in [-0.2, -0.15) is 0 Å². The van der Waals surface area contributed by atoms with Crippen LogP contribution in [0.2, 0.25) is 0 Å². The monoisotopic (exact) mass is 293 g/mol. The summed E-state index contributed by atoms with van der Waals surface area (Å²) in [5, 5.41) is 14.3. The standard InChI is InChI=1S/C15H23N3O3/c1-3-12(10-14(16)18-20)17-15(19)7-8-21-13-6-4-5-11(2)9-13/h4-6,9,12,20H,3,7-8,10H2,1-2H3,(H2,16,18)(H,17,19). The van der Waals surface area contributed by atoms with Crippen LogP contribution >= 0.6 is 0 Å². The second-order valence-electron chi connectivity index (χ2n) is 4.88. The first-order valence-electron chi connectivity index (χ1n) is 7.00. The van der Waals surface area contributed by atoms with Crippen LogP contribution in [-0.4, -0.2) is 29.6 Å². The van der Waals surface area contributed by atoms with Crippen molar-refractivity contribution in [3.63, 3.8) is 0 Å². The van der Waals surface area contributed by atoms with Crippen LogP contribution in [0.25, 0.3) is 0 Å². The molecule has 0 saturated heterocycles. The van der Waals surface area contributed by atoms with Crippen LogP contribution in [0.15, 0.2) is 29.4 Å². The molecule has 0 saturated carbocycles. The van der Waals surface area contributed by atoms with Crippen molar-refractivity contribution in [3.8, 4) is 5.75 Å². The molecule has 1 rings (SSSR count). The second kappa shape index (κ2) is 8.84. The number of benzene rings is 1. The molecule has 0 radical (unpaired) electrons. The van der Waals surface area contributed by atoms with Crippen molar-refractivity contribution in [3.05, 3.63) is 29.8 Å². The molecule has 21 heavy (non-hydrogen) atoms. The molecule has 1 unspecified atom stereocenters. The van der Waals surface area contributed by atoms with E-state index < -0.39 is 0 Å². The Morgan fingerprint density at radius 2 is 2.29 bits per heavy atom. The topological polar surface area (TPSA) is 96.9 Å². The summed E-state index contributed by atoms with van der Waals surface area (Å²) in [6.45, 7) is 4.23. The van der Waals surface area contributed by atoms with E-state index >= 15 is 0 Å². The average molecular weight is 293 g/mol. The van der Waals surface area contributed by atoms with Crippen LogP contribution in [0.4, 0.5) is 0 Å². The molecule has 1 atom stereocenters. The SMILES string of the molecule is CCC(CC(N)=NO)NC(=O)CCOc1cccc(C)c1. The molecule has 116 valence electrons. The van der Waals surface area contributed by atoms with Crippen LogP contribution in [-0.2, 0) is 4.79 Å². The first kappa shape index (κ1) is 16.8. The second-order valence-corrected chi connectivity index (χ2v) is 4.88. The fraction of sp³-hybridized carbons (Fsp3) is 0.467. The summed E-state index contributed by atoms with van der Waals surface area (Å²) >= 11 is 0. The molecule has 0 heterocycles. The normalized spacial score (nSPS) is 12.8. The first-order valence-corrected chi connectivity index (χ1v) is 7.00. The number of rotatable bonds is 8. The van der Waals surface area contributed by atoms with E-state index in [4.69, 9.17) is 15.7 Å². The molecule has 0 aliphatic rings. The van der Waals surface area contributed by atoms with Crippen LogP contribution in [0.3, 0.4) is 0 Å². The predicted octanol–water partition coefficient (Wildman–Crippen LogP) is 1.80. The molecule has 1 amide bonds. The summed E-state index contributed by atoms with van der Waals surface area (Å²) in [6.07, 6.45) is 1.30. The Morgan fingerprint density at radius 1 is 1.52 bits per heavy atom. The maximum atomic E-state index is 11.8. The third-order valence-electron chi connectivity index (χ3n) is 3.03. The molecule has 6 nitrogen and oxygen atoms in total. The number of amides is 1. The predicted molar refractivity (Wildman–Crippen MR) is 81.5 cm³/mol. The zero-order chi connectivity index (χ0) is 15.7. The molecule has 0 bridgehead atoms. The molecule has 1 aromatic carbocycles. The zero-order valence-corrected chi connectivity index (χ0v) is 12.5. The van der Waals surface area contributed by atoms with E-state index in [0.717, 1.165) is 11.3 Å². The smallest absolute Gasteiger partial charge is 0.223 e. The summed E-state index contributed by atoms with van der Waals surface area (Å²) in [5.41, 5.74) is 6.55. The Kier molecular flexibility index (Phi) is 7.08. The van der Waals surface area contributed by atoms with Gasteiger partial charge in [-0.1, -0.05) is 24.2 Å². The third kappa shape index (κ3) is 6.65. The van der Waals surface area contributed by atoms with E-state index in [-0.39, 0.29) is 24.2 Å². The largest absolute Gasteiger partial charge is 0.493 e. The fourth-order valence-corrected chi connectivity index (χ4v) is 1.86. The van der Waals surface area contributed by atoms with Gasteiger partial charge in [0.2, 0.25) is 5.91 Å². The zero-order valence-electron chi connectivity index (χ0n) is 12.5. The van der Waals surface area contributed by atoms with Crippen molar-refractivity contribution in [2.75, 3.05) is 6.61 Å². The Balaban J connectivity index is 2.33. The molecule has 1 aromatic rings. The molecule has 0 fully saturated rings. The van der Waals surface area contributed by atoms with Crippen LogP contribution in [0, 0.1) is 6.92 Å². The summed E-state index contributed by atoms with van der Waals surface area (Å²) in [6, 6.07) is 7.55. The summed E-state index contributed by atoms with van der Waals surface area (Å²) in [4.78, 5) is 11.8. The maximum Gasteiger partial charge on any atom is 0.223 e. The number of nitrogens with two attached hydrogens (primary N) is 1. The van der Waals surface area contributed by atoms with Gasteiger partial charge in [-0.15, -0.1) is 0 Å². The molecular weight excluding hydrogens is 270 g/mol. The number of nitrogens with one attached hydrogen (secondary N) is 1. The van der Waals surface area contributed by atoms with Crippen molar-refractivity contribution in [1.82, 2.24) is 5.32 Å². The lowest BCUT2D eigenvalue weighted by Gasteiger charge is -2.16. The number of carbonyl (C=O) groups excluding carboxylic acids is 1. The number of amidine groups is 1. The van der Waals surface area contributed by atoms with Crippen molar-refractivity contribution < 1.29 is 14.7 Å². The van der Waals surface area contributed by atoms with E-state index in [2.05, 4.69) is 10.5 Å². The number of hydrogen-bond donors (Lipinski definition) is 3. The lowest BCUT2D eigenvalue weighted by molar-refractivity contribution is -0.122. The minimum atomic E-state index is -0.132. The van der Waals surface area contributed by atoms with Gasteiger partial charge in [0.15, 0.2) is 0 Å². The Labute approximate surface area is 125 Å². The fourth-order valence-electron chi connectivity index (χ4n) is 1.86. The molecule has 6 heteroatoms. The lowest BCUT2D eigenvalue weighted by atomic mass is 10.1. The van der Waals surface area contributed by atoms with Gasteiger partial charge in [-0.05, 0) is 31.0 Å². The molecule has 0 spiro atoms. The molecular formula is C15H23N3O3. The molecule has 0 aliphatic carbocycles. The highest BCUT2D eigenvalue weighted by atomic mass is 16.5. The minimum Gasteiger partial charge on any atom is -0.493 e. The van der Waals surface area contributed by atoms with E-state index in [9.17, 15) is 4.79 Å². The van der Waals surface area contributed by atoms with Crippen molar-refractivity contribution >= 4 is 11.7 Å². The van der Waals surface area contributed by atoms with E-state index in [1.165, 1.54) is 0 Å². The highest BCUT2D eigenvalue weighted by molar-refractivity contribution is 5.82. The number of hydrogen-bond acceptors (Lipinski definition) is 4. The lowest BCUT2D eigenvalue weighted by Crippen LogP contribution is -2.38. The minimum absolute atomic E-state index is 0.109. The maximum absolute atomic E-state index is 11.8. The van der Waals surface area contributed by atoms with Gasteiger partial charge in [0.05, 0.1) is 13.0 Å². The number of aryl methyl sites for hydroxylation is 1. The van der Waals surface area contributed by atoms with Crippen molar-refractivity contribution in [1.29, 1.82) is 0 Å². The molecule has 0 aromatic heterocycles. The van der Waals surface area contributed by atoms with Gasteiger partial charge in [-0.3, -0.25) is 4.79 Å². The molecule has 0 aliphatic heterocycles. The Morgan fingerprint density at radius 3 is 2.90 bits per heavy atom. The highest BCUT2D eigenvalue weighted by Crippen LogP contribution is 2.12. The van der Waals surface area contributed by atoms with Gasteiger partial charge in [-0.25, -0.2) is 0 Å². The molecule has 4 N–H and O–H groups in total. The van der Waals surface area contributed by atoms with Gasteiger partial charge in [0.1, 0.15) is 11.6 Å². The van der Waals surface area contributed by atoms with Gasteiger partial charge in [0, 0.05) is 12.5 Å². The third-order valence-corrected chi connectivity index (χ3v) is 3.03. The van der Waals surface area contributed by atoms with Crippen molar-refractivity contribution in [2.45, 2.75) is 39.2 Å². The summed E-state index contributed by atoms with van der Waals surface area (Å²) in [7, 11) is 0. The Bertz CT molecular complexity index is 489. The van der Waals surface area contributed by atoms with Gasteiger partial charge in [0.25, 0.3) is 0 Å². The van der Waals surface area contributed by atoms with Crippen LogP contribution < -0.4 is 15.8 Å². The van der Waals surface area contributed by atoms with Gasteiger partial charge >= 0.3 is 0 Å². The average Bonchev–Trinajstić information content (AvgIpc) is 2.46. The van der Waals surface area contributed by atoms with E-state index in [0.29, 0.717) is 19.4 Å². The number of carbonyl (C=O) groups is 1. The quantitative estimate of drug-likeness (QED) is 0.295. The first-order chi connectivity index (χ1) is 10.0. The number of ether oxygens (including phenoxy) is 1. The highest BCUT2D eigenvalue weighted by Gasteiger charge is 2.12. The van der Waals surface area contributed by atoms with Crippen LogP contribution in [0.5, 0.6) is 5.75 Å². The summed E-state index contributed by atoms with van der Waals surface area (Å²) in [5.74, 6) is 0.755. The Hall–Kier alpha value is -2.24. The van der Waals surface area contributed by atoms with Crippen molar-refractivity contribution in [2.24, 2.45) is 10.9 Å². The number of oxime groups is 1. The van der Waals surface area contributed by atoms with Crippen LogP contribution in [0.1, 0.15) is 31.7 Å². The van der Waals surface area contributed by atoms with E-state index in [1.807, 2.05) is 38.1 Å². The number of nitrogens with zero attached hydrogens (tertiary/aromatic N) is 1. The van der Waals surface area contributed by atoms with Gasteiger partial charge < -0.3 is 21.0 Å². The summed E-state index contributed by atoms with van der Waals surface area (Å²) < 4.78 is 5.53. The van der Waals surface area contributed by atoms with E-state index in [1.54, 1.807) is 0 Å².